The third kappa shape index (κ3) is 20.5. The van der Waals surface area contributed by atoms with Crippen molar-refractivity contribution in [3.63, 3.8) is 0 Å². The van der Waals surface area contributed by atoms with E-state index in [1.165, 1.54) is 83.0 Å². The molecule has 29 nitrogen and oxygen atoms in total. The van der Waals surface area contributed by atoms with Gasteiger partial charge in [-0.05, 0) is 284 Å². The highest BCUT2D eigenvalue weighted by molar-refractivity contribution is 5.86. The van der Waals surface area contributed by atoms with Crippen molar-refractivity contribution in [2.45, 2.75) is 236 Å². The SMILES string of the molecule is CC(C)(C)OC(=O)N1CCc2cc(N)ccc2C1(C)C.CC(C)n1c(=O)c2cnc(Nc3ccc4c(c3)CCN(C(=O)OC(C)(C)C)C4)nc2n1-c1ccnc(C(C)(C)F)c1.CC(C)n1c(=O)c2cnc(Nc3ccc4c(c3)CCNC4(C)C)nc2n1-c1ccnc(C(C)(C)F)c1.CNc1ncc2c(=O)n(C(C)C)n(-c3ccnc(C(C)(C)F)c3)c2n1.Cl.Cl. The molecule has 34 heteroatoms. The number of amides is 2. The molecule has 15 rings (SSSR count). The molecule has 2 amide bonds. The zero-order valence-corrected chi connectivity index (χ0v) is 76.4. The first-order chi connectivity index (χ1) is 57.0. The van der Waals surface area contributed by atoms with E-state index in [1.807, 2.05) is 139 Å². The Balaban J connectivity index is 0.000000178. The number of nitrogens with zero attached hydrogens (tertiary/aromatic N) is 17. The van der Waals surface area contributed by atoms with Gasteiger partial charge in [0.2, 0.25) is 17.8 Å². The summed E-state index contributed by atoms with van der Waals surface area (Å²) in [6, 6.07) is 27.8. The van der Waals surface area contributed by atoms with Crippen molar-refractivity contribution >= 4 is 105 Å². The first kappa shape index (κ1) is 94.5. The van der Waals surface area contributed by atoms with Crippen LogP contribution in [0.15, 0.2) is 143 Å². The Morgan fingerprint density at radius 3 is 1.28 bits per heavy atom. The lowest BCUT2D eigenvalue weighted by Crippen LogP contribution is -2.51. The van der Waals surface area contributed by atoms with Gasteiger partial charge in [-0.15, -0.1) is 24.8 Å². The number of carbonyl (C=O) groups is 2. The highest BCUT2D eigenvalue weighted by Gasteiger charge is 2.40. The van der Waals surface area contributed by atoms with Gasteiger partial charge in [-0.1, -0.05) is 18.2 Å². The molecule has 124 heavy (non-hydrogen) atoms. The predicted octanol–water partition coefficient (Wildman–Crippen LogP) is 17.6. The standard InChI is InChI=1S/C30H36FN7O3.C27H32FN7O.C17H21FN6O.C16H24N2O2.2ClH/c1-18(2)37-26(39)23-16-33-27(35-25(23)38(37)22-10-12-32-24(15-22)30(6,7)31)34-21-9-8-20-17-36(13-11-19(20)14-21)28(40)41-29(3,4)5;1-16(2)34-24(36)20-15-30-25(32-18-7-8-21-17(13-18)9-12-31-27(21,5)6)33-23(20)35(34)19-10-11-29-22(14-19)26(3,4)28;1-10(2)23-15(25)12-9-21-16(19-5)22-14(12)24(23)11-6-7-20-13(8-11)17(3,4)18;1-15(2,3)20-14(19)18-9-8-11-10-12(17)6-7-13(11)16(18,4)5;;/h8-10,12,14-16,18H,11,13,17H2,1-7H3,(H,33,34,35);7-8,10-11,13-16,31H,9,12H2,1-6H3,(H,30,32,33);6-10H,1-5H3,(H,19,21,22);6-7,10H,8-9,17H2,1-5H3;2*1H. The van der Waals surface area contributed by atoms with Gasteiger partial charge in [0.15, 0.2) is 16.9 Å². The van der Waals surface area contributed by atoms with E-state index in [0.29, 0.717) is 94.1 Å². The van der Waals surface area contributed by atoms with Crippen LogP contribution in [-0.2, 0) is 63.4 Å². The molecule has 0 saturated heterocycles. The summed E-state index contributed by atoms with van der Waals surface area (Å²) in [6.45, 7) is 42.5. The number of alkyl halides is 3. The van der Waals surface area contributed by atoms with Gasteiger partial charge in [-0.25, -0.2) is 65.8 Å². The van der Waals surface area contributed by atoms with Gasteiger partial charge in [0.05, 0.1) is 39.7 Å². The third-order valence-corrected chi connectivity index (χ3v) is 21.2. The van der Waals surface area contributed by atoms with Crippen LogP contribution in [0.2, 0.25) is 0 Å². The Morgan fingerprint density at radius 1 is 0.476 bits per heavy atom. The van der Waals surface area contributed by atoms with Gasteiger partial charge in [-0.3, -0.25) is 34.2 Å². The molecule has 0 radical (unpaired) electrons. The number of nitrogen functional groups attached to an aromatic ring is 1. The van der Waals surface area contributed by atoms with Crippen LogP contribution in [0.5, 0.6) is 0 Å². The second-order valence-corrected chi connectivity index (χ2v) is 36.2. The molecular weight excluding hydrogens is 1630 g/mol. The number of benzene rings is 3. The second kappa shape index (κ2) is 36.2. The van der Waals surface area contributed by atoms with Crippen LogP contribution < -0.4 is 43.7 Å². The van der Waals surface area contributed by atoms with Crippen molar-refractivity contribution in [2.24, 2.45) is 0 Å². The topological polar surface area (TPSA) is 330 Å². The fourth-order valence-electron chi connectivity index (χ4n) is 15.2. The van der Waals surface area contributed by atoms with Crippen molar-refractivity contribution in [2.75, 3.05) is 48.4 Å². The number of carbonyl (C=O) groups excluding carboxylic acids is 2. The number of rotatable bonds is 14. The van der Waals surface area contributed by atoms with Crippen molar-refractivity contribution in [1.29, 1.82) is 0 Å². The Labute approximate surface area is 732 Å². The molecule has 3 aliphatic heterocycles. The van der Waals surface area contributed by atoms with E-state index in [4.69, 9.17) is 25.2 Å². The summed E-state index contributed by atoms with van der Waals surface area (Å²) >= 11 is 0. The zero-order chi connectivity index (χ0) is 89.0. The van der Waals surface area contributed by atoms with Crippen LogP contribution in [0.4, 0.5) is 57.7 Å². The number of ether oxygens (including phenoxy) is 2. The van der Waals surface area contributed by atoms with Crippen molar-refractivity contribution in [3.05, 3.63) is 210 Å². The molecule has 6 N–H and O–H groups in total. The number of aromatic nitrogens is 15. The molecule has 0 unspecified atom stereocenters. The summed E-state index contributed by atoms with van der Waals surface area (Å²) < 4.78 is 64.7. The molecule has 0 saturated carbocycles. The van der Waals surface area contributed by atoms with Gasteiger partial charge in [0.1, 0.15) is 44.4 Å². The molecule has 0 bridgehead atoms. The van der Waals surface area contributed by atoms with Crippen molar-refractivity contribution in [3.8, 4) is 17.1 Å². The maximum atomic E-state index is 14.7. The second-order valence-electron chi connectivity index (χ2n) is 36.2. The maximum absolute atomic E-state index is 14.7. The maximum Gasteiger partial charge on any atom is 0.411 e. The molecule has 12 aromatic rings. The first-order valence-corrected chi connectivity index (χ1v) is 41.1. The molecule has 3 aromatic carbocycles. The molecule has 662 valence electrons. The summed E-state index contributed by atoms with van der Waals surface area (Å²) in [4.78, 5) is 107. The average molecular weight is 1740 g/mol. The lowest BCUT2D eigenvalue weighted by atomic mass is 9.83. The van der Waals surface area contributed by atoms with Crippen LogP contribution in [0, 0.1) is 0 Å². The monoisotopic (exact) mass is 1740 g/mol. The van der Waals surface area contributed by atoms with Crippen LogP contribution in [-0.4, -0.2) is 133 Å². The average Bonchev–Trinajstić information content (AvgIpc) is 1.58. The van der Waals surface area contributed by atoms with E-state index in [2.05, 4.69) is 82.1 Å². The lowest BCUT2D eigenvalue weighted by Gasteiger charge is -2.44. The molecule has 0 fully saturated rings. The Bertz CT molecular complexity index is 6130. The molecule has 0 spiro atoms. The normalized spacial score (nSPS) is 14.3. The Morgan fingerprint density at radius 2 is 0.863 bits per heavy atom. The van der Waals surface area contributed by atoms with E-state index >= 15 is 0 Å². The number of hydrogen-bond donors (Lipinski definition) is 5. The van der Waals surface area contributed by atoms with Crippen LogP contribution in [0.1, 0.15) is 221 Å². The molecule has 0 atom stereocenters. The number of halogens is 5. The third-order valence-electron chi connectivity index (χ3n) is 21.2. The number of fused-ring (bicyclic) bond motifs is 6. The highest BCUT2D eigenvalue weighted by Crippen LogP contribution is 2.39. The summed E-state index contributed by atoms with van der Waals surface area (Å²) in [6.07, 6.45) is 11.1. The molecule has 3 aliphatic rings. The number of hydrogen-bond acceptors (Lipinski definition) is 21. The lowest BCUT2D eigenvalue weighted by molar-refractivity contribution is -0.000378. The summed E-state index contributed by atoms with van der Waals surface area (Å²) in [5, 5.41) is 14.1. The highest BCUT2D eigenvalue weighted by atomic mass is 35.5. The van der Waals surface area contributed by atoms with Crippen LogP contribution in [0.3, 0.4) is 0 Å². The van der Waals surface area contributed by atoms with Crippen molar-refractivity contribution in [1.82, 2.24) is 88.1 Å². The minimum Gasteiger partial charge on any atom is -0.444 e. The van der Waals surface area contributed by atoms with Crippen molar-refractivity contribution < 1.29 is 32.2 Å². The van der Waals surface area contributed by atoms with Gasteiger partial charge in [-0.2, -0.15) is 15.0 Å². The van der Waals surface area contributed by atoms with E-state index in [0.717, 1.165) is 53.1 Å². The fraction of sp³-hybridized carbons (Fsp3) is 0.444. The molecular formula is C90H115Cl2F3N22O7. The molecule has 12 heterocycles. The Kier molecular flexibility index (Phi) is 27.6. The van der Waals surface area contributed by atoms with Gasteiger partial charge in [0, 0.05) is 105 Å². The van der Waals surface area contributed by atoms with Gasteiger partial charge >= 0.3 is 12.2 Å². The Hall–Kier alpha value is -11.8. The summed E-state index contributed by atoms with van der Waals surface area (Å²) in [5.41, 5.74) is 12.4. The minimum atomic E-state index is -1.65. The number of nitrogens with two attached hydrogens (primary N) is 1. The number of pyridine rings is 3. The predicted molar refractivity (Wildman–Crippen MR) is 485 cm³/mol. The molecule has 0 aliphatic carbocycles. The van der Waals surface area contributed by atoms with E-state index in [1.54, 1.807) is 93.7 Å². The largest absolute Gasteiger partial charge is 0.444 e. The van der Waals surface area contributed by atoms with Gasteiger partial charge < -0.3 is 41.4 Å². The van der Waals surface area contributed by atoms with Crippen LogP contribution in [0.25, 0.3) is 50.2 Å². The first-order valence-electron chi connectivity index (χ1n) is 41.1. The van der Waals surface area contributed by atoms with Gasteiger partial charge in [0.25, 0.3) is 16.7 Å². The summed E-state index contributed by atoms with van der Waals surface area (Å²) in [5.74, 6) is 1.10. The number of nitrogens with one attached hydrogen (secondary N) is 4. The quantitative estimate of drug-likeness (QED) is 0.0631. The smallest absolute Gasteiger partial charge is 0.411 e. The molecule has 9 aromatic heterocycles. The van der Waals surface area contributed by atoms with Crippen LogP contribution >= 0.6 is 24.8 Å². The fourth-order valence-corrected chi connectivity index (χ4v) is 15.2. The minimum absolute atomic E-state index is 0. The zero-order valence-electron chi connectivity index (χ0n) is 74.8. The van der Waals surface area contributed by atoms with E-state index in [9.17, 15) is 37.1 Å². The van der Waals surface area contributed by atoms with E-state index in [-0.39, 0.29) is 100.0 Å². The number of anilines is 6. The summed E-state index contributed by atoms with van der Waals surface area (Å²) in [7, 11) is 1.71. The van der Waals surface area contributed by atoms with E-state index < -0.39 is 28.2 Å².